The van der Waals surface area contributed by atoms with Crippen molar-refractivity contribution in [3.8, 4) is 0 Å². The van der Waals surface area contributed by atoms with Crippen molar-refractivity contribution in [2.75, 3.05) is 0 Å². The molecule has 2 aliphatic rings. The lowest BCUT2D eigenvalue weighted by Gasteiger charge is -2.09. The minimum atomic E-state index is -0.321. The minimum absolute atomic E-state index is 0.193. The van der Waals surface area contributed by atoms with Crippen molar-refractivity contribution in [3.05, 3.63) is 94.6 Å². The number of cyclic esters (lactones) is 2. The van der Waals surface area contributed by atoms with E-state index in [0.717, 1.165) is 0 Å². The zero-order chi connectivity index (χ0) is 26.8. The monoisotopic (exact) mass is 506 g/mol. The molecule has 2 aromatic carbocycles. The second kappa shape index (κ2) is 10.3. The number of hydrogen-bond donors (Lipinski definition) is 0. The topological polar surface area (TPSA) is 104 Å². The second-order valence-electron chi connectivity index (χ2n) is 9.01. The van der Waals surface area contributed by atoms with Crippen LogP contribution in [0, 0.1) is 27.7 Å². The summed E-state index contributed by atoms with van der Waals surface area (Å²) in [7, 11) is 0. The van der Waals surface area contributed by atoms with Crippen LogP contribution in [0.3, 0.4) is 0 Å². The number of carbonyl (C=O) groups is 2. The Morgan fingerprint density at radius 2 is 0.816 bits per heavy atom. The SMILES string of the molecule is Cc1nc2ccccc2nc(C)c(C2=CCC(=O)O2)c(C)nc2ccccc2nc(C)c1C1=CCC(=O)O1. The van der Waals surface area contributed by atoms with Gasteiger partial charge >= 0.3 is 11.9 Å². The predicted molar refractivity (Wildman–Crippen MR) is 144 cm³/mol. The average molecular weight is 507 g/mol. The molecular formula is C30H26N4O4. The molecule has 2 aliphatic heterocycles. The van der Waals surface area contributed by atoms with E-state index in [-0.39, 0.29) is 24.8 Å². The summed E-state index contributed by atoms with van der Waals surface area (Å²) in [5, 5.41) is 0. The van der Waals surface area contributed by atoms with E-state index >= 15 is 0 Å². The summed E-state index contributed by atoms with van der Waals surface area (Å²) in [6.45, 7) is 7.43. The number of ether oxygens (including phenoxy) is 2. The smallest absolute Gasteiger partial charge is 0.315 e. The fourth-order valence-electron chi connectivity index (χ4n) is 4.56. The summed E-state index contributed by atoms with van der Waals surface area (Å²) in [5.74, 6) is 0.228. The number of para-hydroxylation sites is 4. The third-order valence-electron chi connectivity index (χ3n) is 6.21. The first-order chi connectivity index (χ1) is 18.3. The van der Waals surface area contributed by atoms with Crippen molar-refractivity contribution >= 4 is 45.5 Å². The number of aromatic nitrogens is 4. The van der Waals surface area contributed by atoms with Gasteiger partial charge in [0.15, 0.2) is 0 Å². The fourth-order valence-corrected chi connectivity index (χ4v) is 4.56. The molecule has 0 spiro atoms. The maximum atomic E-state index is 12.0. The van der Waals surface area contributed by atoms with E-state index in [9.17, 15) is 9.59 Å². The third-order valence-corrected chi connectivity index (χ3v) is 6.21. The summed E-state index contributed by atoms with van der Waals surface area (Å²) in [4.78, 5) is 43.5. The van der Waals surface area contributed by atoms with Crippen LogP contribution < -0.4 is 0 Å². The summed E-state index contributed by atoms with van der Waals surface area (Å²) in [6.07, 6.45) is 3.88. The lowest BCUT2D eigenvalue weighted by atomic mass is 10.1. The first kappa shape index (κ1) is 25.0. The Labute approximate surface area is 219 Å². The van der Waals surface area contributed by atoms with Crippen LogP contribution in [0.1, 0.15) is 46.7 Å². The molecule has 0 radical (unpaired) electrons. The highest BCUT2D eigenvalue weighted by molar-refractivity contribution is 5.87. The summed E-state index contributed by atoms with van der Waals surface area (Å²) >= 11 is 0. The van der Waals surface area contributed by atoms with Crippen LogP contribution in [0.4, 0.5) is 0 Å². The highest BCUT2D eigenvalue weighted by Gasteiger charge is 2.21. The van der Waals surface area contributed by atoms with Crippen LogP contribution in [0.25, 0.3) is 33.6 Å². The summed E-state index contributed by atoms with van der Waals surface area (Å²) < 4.78 is 11.0. The molecule has 0 saturated carbocycles. The van der Waals surface area contributed by atoms with E-state index < -0.39 is 0 Å². The van der Waals surface area contributed by atoms with E-state index in [2.05, 4.69) is 0 Å². The minimum Gasteiger partial charge on any atom is -0.426 e. The number of esters is 2. The number of fused-ring (bicyclic) bond motifs is 2. The zero-order valence-corrected chi connectivity index (χ0v) is 21.6. The molecule has 0 amide bonds. The maximum Gasteiger partial charge on any atom is 0.315 e. The van der Waals surface area contributed by atoms with Gasteiger partial charge in [0.25, 0.3) is 0 Å². The van der Waals surface area contributed by atoms with Gasteiger partial charge in [-0.3, -0.25) is 29.5 Å². The van der Waals surface area contributed by atoms with Gasteiger partial charge in [-0.25, -0.2) is 0 Å². The molecule has 190 valence electrons. The second-order valence-corrected chi connectivity index (χ2v) is 9.01. The molecular weight excluding hydrogens is 480 g/mol. The van der Waals surface area contributed by atoms with Crippen molar-refractivity contribution in [2.45, 2.75) is 40.5 Å². The number of nitrogens with zero attached hydrogens (tertiary/aromatic N) is 4. The summed E-state index contributed by atoms with van der Waals surface area (Å²) in [6, 6.07) is 15.0. The Morgan fingerprint density at radius 3 is 1.05 bits per heavy atom. The maximum absolute atomic E-state index is 12.0. The summed E-state index contributed by atoms with van der Waals surface area (Å²) in [5.41, 5.74) is 6.27. The van der Waals surface area contributed by atoms with Crippen molar-refractivity contribution in [1.29, 1.82) is 0 Å². The number of carbonyl (C=O) groups excluding carboxylic acids is 2. The fraction of sp³-hybridized carbons (Fsp3) is 0.200. The van der Waals surface area contributed by atoms with Crippen molar-refractivity contribution in [2.24, 2.45) is 0 Å². The van der Waals surface area contributed by atoms with Gasteiger partial charge in [0.2, 0.25) is 0 Å². The first-order valence-electron chi connectivity index (χ1n) is 12.3. The van der Waals surface area contributed by atoms with Gasteiger partial charge < -0.3 is 9.47 Å². The Kier molecular flexibility index (Phi) is 6.79. The molecule has 0 atom stereocenters. The van der Waals surface area contributed by atoms with Crippen molar-refractivity contribution in [1.82, 2.24) is 19.9 Å². The van der Waals surface area contributed by atoms with Crippen LogP contribution in [-0.4, -0.2) is 31.9 Å². The standard InChI is InChI=1S/C30H26N4O4/c1-17-29(25-13-15-27(35)37-25)18(2)32-23-11-7-8-12-24(23)34-20(4)30(26-14-16-28(36)38-26)19(3)33-22-10-6-5-9-21(22)31-17/h5-14H,15-16H2,1-4H3. The van der Waals surface area contributed by atoms with E-state index in [1.165, 1.54) is 0 Å². The zero-order valence-electron chi connectivity index (χ0n) is 21.6. The predicted octanol–water partition coefficient (Wildman–Crippen LogP) is 5.63. The molecule has 8 nitrogen and oxygen atoms in total. The molecule has 0 unspecified atom stereocenters. The highest BCUT2D eigenvalue weighted by Crippen LogP contribution is 2.28. The van der Waals surface area contributed by atoms with E-state index in [0.29, 0.717) is 67.5 Å². The van der Waals surface area contributed by atoms with Crippen LogP contribution >= 0.6 is 0 Å². The number of rotatable bonds is 2. The molecule has 5 rings (SSSR count). The molecule has 3 heterocycles. The van der Waals surface area contributed by atoms with Gasteiger partial charge in [0.05, 0.1) is 68.8 Å². The van der Waals surface area contributed by atoms with E-state index in [4.69, 9.17) is 29.4 Å². The van der Waals surface area contributed by atoms with Crippen LogP contribution in [0.2, 0.25) is 0 Å². The molecule has 38 heavy (non-hydrogen) atoms. The number of benzene rings is 2. The lowest BCUT2D eigenvalue weighted by Crippen LogP contribution is -2.00. The molecule has 0 bridgehead atoms. The normalized spacial score (nSPS) is 14.4. The van der Waals surface area contributed by atoms with Gasteiger partial charge in [-0.2, -0.15) is 0 Å². The van der Waals surface area contributed by atoms with E-state index in [1.54, 1.807) is 12.2 Å². The average Bonchev–Trinajstić information content (AvgIpc) is 3.49. The highest BCUT2D eigenvalue weighted by atomic mass is 16.5. The molecule has 0 aliphatic carbocycles. The van der Waals surface area contributed by atoms with Gasteiger partial charge in [-0.1, -0.05) is 24.3 Å². The molecule has 0 saturated heterocycles. The quantitative estimate of drug-likeness (QED) is 0.412. The number of hydrogen-bond acceptors (Lipinski definition) is 8. The first-order valence-corrected chi connectivity index (χ1v) is 12.3. The molecule has 1 aromatic heterocycles. The van der Waals surface area contributed by atoms with Gasteiger partial charge in [-0.05, 0) is 64.1 Å². The van der Waals surface area contributed by atoms with Gasteiger partial charge in [0.1, 0.15) is 11.5 Å². The van der Waals surface area contributed by atoms with Crippen LogP contribution in [0.15, 0.2) is 60.7 Å². The Balaban J connectivity index is 1.97. The Bertz CT molecular complexity index is 1490. The largest absolute Gasteiger partial charge is 0.426 e. The molecule has 8 heteroatoms. The van der Waals surface area contributed by atoms with Crippen molar-refractivity contribution in [3.63, 3.8) is 0 Å². The molecule has 0 N–H and O–H groups in total. The Morgan fingerprint density at radius 1 is 0.526 bits per heavy atom. The molecule has 0 fully saturated rings. The van der Waals surface area contributed by atoms with Gasteiger partial charge in [0, 0.05) is 0 Å². The van der Waals surface area contributed by atoms with Gasteiger partial charge in [-0.15, -0.1) is 0 Å². The third kappa shape index (κ3) is 5.06. The van der Waals surface area contributed by atoms with Crippen molar-refractivity contribution < 1.29 is 19.1 Å². The lowest BCUT2D eigenvalue weighted by molar-refractivity contribution is -0.135. The van der Waals surface area contributed by atoms with E-state index in [1.807, 2.05) is 76.2 Å². The van der Waals surface area contributed by atoms with Crippen LogP contribution in [-0.2, 0) is 19.1 Å². The van der Waals surface area contributed by atoms with Crippen LogP contribution in [0.5, 0.6) is 0 Å². The molecule has 3 aromatic rings. The number of aryl methyl sites for hydroxylation is 4. The Hall–Kier alpha value is -4.72.